The standard InChI is InChI=1S/C16H12O2.2ClHO4/c1-2-8-14(16-10-4-6-12-18-16)13(7-1)15-9-3-5-11-17-15;2*2-1(3,4)5/h1-12H;2*(H,2,3,4,5)/q+2;;/p-2. The SMILES string of the molecule is [O-][Cl+3]([O-])([O-])[O-].[O-][Cl+3]([O-])([O-])[O-].c1ccc(-c2ccccc2-c2cccc[o+]2)[o+]c1. The summed E-state index contributed by atoms with van der Waals surface area (Å²) in [4.78, 5) is 0. The van der Waals surface area contributed by atoms with Gasteiger partial charge in [-0.2, -0.15) is 0 Å². The maximum atomic E-state index is 8.49. The molecular weight excluding hydrogens is 423 g/mol. The van der Waals surface area contributed by atoms with Crippen molar-refractivity contribution < 1.29 is 66.6 Å². The van der Waals surface area contributed by atoms with E-state index in [0.29, 0.717) is 0 Å². The van der Waals surface area contributed by atoms with E-state index in [-0.39, 0.29) is 0 Å². The number of benzene rings is 1. The average molecular weight is 435 g/mol. The predicted molar refractivity (Wildman–Crippen MR) is 70.7 cm³/mol. The summed E-state index contributed by atoms with van der Waals surface area (Å²) in [6.45, 7) is 0. The molecule has 0 N–H and O–H groups in total. The summed E-state index contributed by atoms with van der Waals surface area (Å²) in [5, 5.41) is 0. The van der Waals surface area contributed by atoms with Gasteiger partial charge in [0, 0.05) is 24.3 Å². The minimum absolute atomic E-state index is 0.826. The zero-order valence-corrected chi connectivity index (χ0v) is 15.3. The quantitative estimate of drug-likeness (QED) is 0.351. The summed E-state index contributed by atoms with van der Waals surface area (Å²) in [7, 11) is -9.89. The molecule has 0 unspecified atom stereocenters. The zero-order valence-electron chi connectivity index (χ0n) is 13.8. The van der Waals surface area contributed by atoms with Crippen LogP contribution in [0.4, 0.5) is 0 Å². The van der Waals surface area contributed by atoms with Crippen molar-refractivity contribution in [3.05, 3.63) is 73.2 Å². The molecule has 2 aromatic heterocycles. The van der Waals surface area contributed by atoms with E-state index in [9.17, 15) is 0 Å². The third-order valence-electron chi connectivity index (χ3n) is 2.72. The lowest BCUT2D eigenvalue weighted by Gasteiger charge is -2.17. The third-order valence-corrected chi connectivity index (χ3v) is 2.72. The van der Waals surface area contributed by atoms with Crippen LogP contribution in [-0.4, -0.2) is 0 Å². The molecule has 0 fully saturated rings. The Balaban J connectivity index is 0.000000329. The second-order valence-electron chi connectivity index (χ2n) is 4.64. The minimum atomic E-state index is -4.94. The second-order valence-corrected chi connectivity index (χ2v) is 6.15. The van der Waals surface area contributed by atoms with Crippen LogP contribution in [-0.2, 0) is 0 Å². The van der Waals surface area contributed by atoms with Gasteiger partial charge in [0.05, 0.1) is 11.1 Å². The van der Waals surface area contributed by atoms with E-state index in [1.54, 1.807) is 12.5 Å². The van der Waals surface area contributed by atoms with Crippen LogP contribution in [0.5, 0.6) is 0 Å². The van der Waals surface area contributed by atoms with E-state index in [0.717, 1.165) is 22.6 Å². The molecule has 0 aliphatic rings. The summed E-state index contributed by atoms with van der Waals surface area (Å²) in [5.74, 6) is 1.65. The molecule has 3 rings (SSSR count). The molecule has 0 bridgehead atoms. The highest BCUT2D eigenvalue weighted by atomic mass is 35.7. The van der Waals surface area contributed by atoms with Crippen LogP contribution in [0.3, 0.4) is 0 Å². The van der Waals surface area contributed by atoms with Crippen LogP contribution in [0.2, 0.25) is 0 Å². The highest BCUT2D eigenvalue weighted by Gasteiger charge is 2.21. The fourth-order valence-corrected chi connectivity index (χ4v) is 1.90. The van der Waals surface area contributed by atoms with Crippen molar-refractivity contribution in [1.82, 2.24) is 0 Å². The number of halogens is 2. The molecule has 0 saturated carbocycles. The van der Waals surface area contributed by atoms with E-state index in [2.05, 4.69) is 0 Å². The van der Waals surface area contributed by atoms with Crippen molar-refractivity contribution in [3.63, 3.8) is 0 Å². The van der Waals surface area contributed by atoms with Gasteiger partial charge in [0.1, 0.15) is 0 Å². The fourth-order valence-electron chi connectivity index (χ4n) is 1.90. The smallest absolute Gasteiger partial charge is 0.222 e. The Kier molecular flexibility index (Phi) is 9.31. The lowest BCUT2D eigenvalue weighted by atomic mass is 10.0. The van der Waals surface area contributed by atoms with Crippen molar-refractivity contribution in [1.29, 1.82) is 0 Å². The molecule has 0 saturated heterocycles. The molecule has 2 heterocycles. The second kappa shape index (κ2) is 10.9. The first-order valence-electron chi connectivity index (χ1n) is 7.02. The molecule has 0 amide bonds. The van der Waals surface area contributed by atoms with Gasteiger partial charge in [-0.1, -0.05) is 12.1 Å². The first-order chi connectivity index (χ1) is 12.9. The highest BCUT2D eigenvalue weighted by molar-refractivity contribution is 5.78. The first kappa shape index (κ1) is 23.8. The lowest BCUT2D eigenvalue weighted by Crippen LogP contribution is -2.68. The number of hydrogen-bond donors (Lipinski definition) is 0. The van der Waals surface area contributed by atoms with Gasteiger partial charge in [-0.05, 0) is 24.3 Å². The Bertz CT molecular complexity index is 738. The van der Waals surface area contributed by atoms with Gasteiger partial charge in [0.25, 0.3) is 0 Å². The molecule has 150 valence electrons. The summed E-state index contributed by atoms with van der Waals surface area (Å²) in [5.41, 5.74) is 2.04. The monoisotopic (exact) mass is 434 g/mol. The van der Waals surface area contributed by atoms with E-state index in [1.165, 1.54) is 0 Å². The van der Waals surface area contributed by atoms with E-state index >= 15 is 0 Å². The number of rotatable bonds is 2. The van der Waals surface area contributed by atoms with Crippen molar-refractivity contribution in [3.8, 4) is 22.6 Å². The minimum Gasteiger partial charge on any atom is -0.222 e. The molecule has 0 radical (unpaired) electrons. The topological polar surface area (TPSA) is 207 Å². The van der Waals surface area contributed by atoms with E-state index < -0.39 is 20.5 Å². The van der Waals surface area contributed by atoms with Crippen LogP contribution >= 0.6 is 0 Å². The number of hydrogen-bond acceptors (Lipinski definition) is 8. The van der Waals surface area contributed by atoms with Crippen LogP contribution < -0.4 is 37.3 Å². The maximum absolute atomic E-state index is 8.49. The van der Waals surface area contributed by atoms with Gasteiger partial charge in [-0.15, -0.1) is 20.5 Å². The molecule has 12 heteroatoms. The largest absolute Gasteiger partial charge is 0.360 e. The summed E-state index contributed by atoms with van der Waals surface area (Å²) in [6, 6.07) is 19.6. The average Bonchev–Trinajstić information content (AvgIpc) is 2.60. The summed E-state index contributed by atoms with van der Waals surface area (Å²) in [6.07, 6.45) is 3.35. The zero-order chi connectivity index (χ0) is 21.2. The van der Waals surface area contributed by atoms with Gasteiger partial charge >= 0.3 is 24.0 Å². The van der Waals surface area contributed by atoms with Gasteiger partial charge in [-0.3, -0.25) is 0 Å². The molecule has 1 aromatic carbocycles. The molecular formula is C16H12Cl2O10. The Labute approximate surface area is 162 Å². The molecule has 0 spiro atoms. The third kappa shape index (κ3) is 11.5. The predicted octanol–water partition coefficient (Wildman–Crippen LogP) is -4.74. The van der Waals surface area contributed by atoms with Crippen molar-refractivity contribution in [2.24, 2.45) is 0 Å². The van der Waals surface area contributed by atoms with Crippen molar-refractivity contribution >= 4 is 0 Å². The first-order valence-corrected chi connectivity index (χ1v) is 9.49. The Morgan fingerprint density at radius 3 is 1.00 bits per heavy atom. The maximum Gasteiger partial charge on any atom is 0.360 e. The lowest BCUT2D eigenvalue weighted by molar-refractivity contribution is -2.00. The molecule has 0 aliphatic carbocycles. The molecule has 28 heavy (non-hydrogen) atoms. The Morgan fingerprint density at radius 1 is 0.464 bits per heavy atom. The summed E-state index contributed by atoms with van der Waals surface area (Å²) < 4.78 is 79.0. The normalized spacial score (nSPS) is 10.9. The van der Waals surface area contributed by atoms with Crippen LogP contribution in [0.15, 0.2) is 82.0 Å². The van der Waals surface area contributed by atoms with Gasteiger partial charge < -0.3 is 0 Å². The van der Waals surface area contributed by atoms with Crippen molar-refractivity contribution in [2.75, 3.05) is 0 Å². The highest BCUT2D eigenvalue weighted by Crippen LogP contribution is 2.31. The fraction of sp³-hybridized carbons (Fsp3) is 0. The molecule has 10 nitrogen and oxygen atoms in total. The molecule has 0 atom stereocenters. The molecule has 0 aliphatic heterocycles. The summed E-state index contributed by atoms with van der Waals surface area (Å²) >= 11 is 0. The van der Waals surface area contributed by atoms with E-state index in [4.69, 9.17) is 46.1 Å². The van der Waals surface area contributed by atoms with Crippen molar-refractivity contribution in [2.45, 2.75) is 0 Å². The van der Waals surface area contributed by atoms with Gasteiger partial charge in [-0.25, -0.2) is 46.1 Å². The Hall–Kier alpha value is -2.22. The van der Waals surface area contributed by atoms with Gasteiger partial charge in [0.15, 0.2) is 0 Å². The Morgan fingerprint density at radius 2 is 0.750 bits per heavy atom. The molecule has 3 aromatic rings. The van der Waals surface area contributed by atoms with E-state index in [1.807, 2.05) is 60.7 Å². The van der Waals surface area contributed by atoms with Crippen LogP contribution in [0.25, 0.3) is 22.6 Å². The van der Waals surface area contributed by atoms with Crippen LogP contribution in [0.1, 0.15) is 0 Å². The van der Waals surface area contributed by atoms with Gasteiger partial charge in [0.2, 0.25) is 0 Å². The van der Waals surface area contributed by atoms with Crippen LogP contribution in [0, 0.1) is 20.5 Å².